The maximum absolute atomic E-state index is 11.1. The lowest BCUT2D eigenvalue weighted by atomic mass is 10.1. The molecule has 0 bridgehead atoms. The number of nitrogens with two attached hydrogens (primary N) is 2. The molecule has 5 N–H and O–H groups in total. The van der Waals surface area contributed by atoms with E-state index in [9.17, 15) is 9.59 Å². The van der Waals surface area contributed by atoms with Gasteiger partial charge in [-0.05, 0) is 5.92 Å². The highest BCUT2D eigenvalue weighted by molar-refractivity contribution is 5.85. The zero-order chi connectivity index (χ0) is 10.4. The van der Waals surface area contributed by atoms with Gasteiger partial charge in [-0.15, -0.1) is 0 Å². The summed E-state index contributed by atoms with van der Waals surface area (Å²) >= 11 is 0. The van der Waals surface area contributed by atoms with Crippen LogP contribution >= 0.6 is 0 Å². The molecule has 76 valence electrons. The predicted molar refractivity (Wildman–Crippen MR) is 46.1 cm³/mol. The van der Waals surface area contributed by atoms with Crippen LogP contribution in [0, 0.1) is 5.92 Å². The monoisotopic (exact) mass is 189 g/mol. The lowest BCUT2D eigenvalue weighted by Gasteiger charge is -2.14. The van der Waals surface area contributed by atoms with E-state index in [1.54, 1.807) is 0 Å². The van der Waals surface area contributed by atoms with Crippen LogP contribution in [0.3, 0.4) is 0 Å². The molecule has 0 aliphatic carbocycles. The van der Waals surface area contributed by atoms with E-state index in [2.05, 4.69) is 16.1 Å². The van der Waals surface area contributed by atoms with Crippen LogP contribution < -0.4 is 16.9 Å². The molecule has 6 heteroatoms. The average molecular weight is 189 g/mol. The highest BCUT2D eigenvalue weighted by atomic mass is 16.7. The summed E-state index contributed by atoms with van der Waals surface area (Å²) in [6, 6.07) is -0.620. The molecule has 0 radical (unpaired) electrons. The van der Waals surface area contributed by atoms with Crippen molar-refractivity contribution in [3.63, 3.8) is 0 Å². The van der Waals surface area contributed by atoms with Gasteiger partial charge in [0.1, 0.15) is 6.54 Å². The molecular weight excluding hydrogens is 174 g/mol. The third-order valence-corrected chi connectivity index (χ3v) is 1.56. The van der Waals surface area contributed by atoms with Gasteiger partial charge in [0.25, 0.3) is 0 Å². The third kappa shape index (κ3) is 4.44. The number of hydrogen-bond donors (Lipinski definition) is 3. The average Bonchev–Trinajstić information content (AvgIpc) is 2.11. The van der Waals surface area contributed by atoms with Crippen LogP contribution in [0.4, 0.5) is 0 Å². The van der Waals surface area contributed by atoms with Crippen LogP contribution in [-0.4, -0.2) is 24.5 Å². The molecule has 0 rings (SSSR count). The van der Waals surface area contributed by atoms with Gasteiger partial charge in [0.05, 0.1) is 6.04 Å². The Morgan fingerprint density at radius 1 is 1.46 bits per heavy atom. The summed E-state index contributed by atoms with van der Waals surface area (Å²) < 4.78 is 0. The van der Waals surface area contributed by atoms with E-state index in [1.165, 1.54) is 0 Å². The first-order valence-electron chi connectivity index (χ1n) is 3.92. The van der Waals surface area contributed by atoms with Gasteiger partial charge in [0.15, 0.2) is 0 Å². The largest absolute Gasteiger partial charge is 0.372 e. The first-order chi connectivity index (χ1) is 5.99. The smallest absolute Gasteiger partial charge is 0.343 e. The quantitative estimate of drug-likeness (QED) is 0.467. The zero-order valence-electron chi connectivity index (χ0n) is 7.74. The summed E-state index contributed by atoms with van der Waals surface area (Å²) in [5.74, 6) is 3.49. The Morgan fingerprint density at radius 3 is 2.38 bits per heavy atom. The molecule has 0 aromatic heterocycles. The minimum absolute atomic E-state index is 0.0221. The number of rotatable bonds is 4. The molecule has 0 aliphatic rings. The van der Waals surface area contributed by atoms with Crippen LogP contribution in [0.25, 0.3) is 0 Å². The van der Waals surface area contributed by atoms with Crippen LogP contribution in [0.2, 0.25) is 0 Å². The van der Waals surface area contributed by atoms with E-state index in [4.69, 9.17) is 5.73 Å². The fourth-order valence-electron chi connectivity index (χ4n) is 0.622. The third-order valence-electron chi connectivity index (χ3n) is 1.56. The first-order valence-corrected chi connectivity index (χ1v) is 3.92. The Morgan fingerprint density at radius 2 is 2.00 bits per heavy atom. The van der Waals surface area contributed by atoms with Gasteiger partial charge in [0.2, 0.25) is 5.91 Å². The normalized spacial score (nSPS) is 12.4. The molecule has 0 spiro atoms. The van der Waals surface area contributed by atoms with E-state index in [0.717, 1.165) is 0 Å². The molecule has 13 heavy (non-hydrogen) atoms. The van der Waals surface area contributed by atoms with Gasteiger partial charge >= 0.3 is 5.97 Å². The van der Waals surface area contributed by atoms with Crippen molar-refractivity contribution in [2.75, 3.05) is 6.54 Å². The molecule has 1 unspecified atom stereocenters. The molecule has 0 fully saturated rings. The molecule has 0 saturated carbocycles. The number of carbonyl (C=O) groups excluding carboxylic acids is 2. The SMILES string of the molecule is CC(C)C(N)C(=O)NCC(=O)ON. The van der Waals surface area contributed by atoms with Crippen molar-refractivity contribution in [3.05, 3.63) is 0 Å². The Bertz CT molecular complexity index is 193. The van der Waals surface area contributed by atoms with Gasteiger partial charge in [-0.2, -0.15) is 5.90 Å². The highest BCUT2D eigenvalue weighted by Crippen LogP contribution is 1.97. The second-order valence-electron chi connectivity index (χ2n) is 2.98. The number of nitrogens with one attached hydrogen (secondary N) is 1. The molecule has 6 nitrogen and oxygen atoms in total. The summed E-state index contributed by atoms with van der Waals surface area (Å²) in [6.07, 6.45) is 0. The van der Waals surface area contributed by atoms with Crippen molar-refractivity contribution in [2.24, 2.45) is 17.5 Å². The van der Waals surface area contributed by atoms with Crippen molar-refractivity contribution in [3.8, 4) is 0 Å². The molecule has 1 atom stereocenters. The van der Waals surface area contributed by atoms with Crippen molar-refractivity contribution >= 4 is 11.9 Å². The fraction of sp³-hybridized carbons (Fsp3) is 0.714. The first kappa shape index (κ1) is 11.9. The summed E-state index contributed by atoms with van der Waals surface area (Å²) in [4.78, 5) is 25.5. The van der Waals surface area contributed by atoms with Gasteiger partial charge in [-0.1, -0.05) is 13.8 Å². The topological polar surface area (TPSA) is 107 Å². The molecule has 0 saturated heterocycles. The summed E-state index contributed by atoms with van der Waals surface area (Å²) in [5.41, 5.74) is 5.49. The number of hydrogen-bond acceptors (Lipinski definition) is 5. The standard InChI is InChI=1S/C7H15N3O3/c1-4(2)6(8)7(12)10-3-5(11)13-9/h4,6H,3,8-9H2,1-2H3,(H,10,12). The van der Waals surface area contributed by atoms with Crippen LogP contribution in [0.15, 0.2) is 0 Å². The van der Waals surface area contributed by atoms with E-state index in [-0.39, 0.29) is 18.4 Å². The minimum Gasteiger partial charge on any atom is -0.372 e. The lowest BCUT2D eigenvalue weighted by Crippen LogP contribution is -2.45. The summed E-state index contributed by atoms with van der Waals surface area (Å²) in [7, 11) is 0. The van der Waals surface area contributed by atoms with Gasteiger partial charge in [-0.3, -0.25) is 4.79 Å². The van der Waals surface area contributed by atoms with Gasteiger partial charge in [0, 0.05) is 0 Å². The Labute approximate surface area is 76.5 Å². The molecule has 0 heterocycles. The Hall–Kier alpha value is -1.14. The second kappa shape index (κ2) is 5.50. The van der Waals surface area contributed by atoms with Crippen molar-refractivity contribution in [2.45, 2.75) is 19.9 Å². The number of carbonyl (C=O) groups is 2. The minimum atomic E-state index is -0.704. The van der Waals surface area contributed by atoms with E-state index < -0.39 is 12.0 Å². The zero-order valence-corrected chi connectivity index (χ0v) is 7.74. The predicted octanol–water partition coefficient (Wildman–Crippen LogP) is -1.50. The van der Waals surface area contributed by atoms with Crippen LogP contribution in [-0.2, 0) is 14.4 Å². The van der Waals surface area contributed by atoms with Gasteiger partial charge in [-0.25, -0.2) is 4.79 Å². The fourth-order valence-corrected chi connectivity index (χ4v) is 0.622. The molecular formula is C7H15N3O3. The second-order valence-corrected chi connectivity index (χ2v) is 2.98. The van der Waals surface area contributed by atoms with E-state index in [0.29, 0.717) is 0 Å². The lowest BCUT2D eigenvalue weighted by molar-refractivity contribution is -0.144. The summed E-state index contributed by atoms with van der Waals surface area (Å²) in [5, 5.41) is 2.30. The maximum Gasteiger partial charge on any atom is 0.343 e. The molecule has 0 aromatic carbocycles. The Kier molecular flexibility index (Phi) is 5.01. The van der Waals surface area contributed by atoms with Crippen LogP contribution in [0.1, 0.15) is 13.8 Å². The molecule has 0 aliphatic heterocycles. The highest BCUT2D eigenvalue weighted by Gasteiger charge is 2.17. The van der Waals surface area contributed by atoms with Gasteiger partial charge < -0.3 is 15.9 Å². The maximum atomic E-state index is 11.1. The summed E-state index contributed by atoms with van der Waals surface area (Å²) in [6.45, 7) is 3.37. The van der Waals surface area contributed by atoms with E-state index in [1.807, 2.05) is 13.8 Å². The van der Waals surface area contributed by atoms with Crippen molar-refractivity contribution < 1.29 is 14.4 Å². The van der Waals surface area contributed by atoms with Crippen molar-refractivity contribution in [1.82, 2.24) is 5.32 Å². The van der Waals surface area contributed by atoms with Crippen molar-refractivity contribution in [1.29, 1.82) is 0 Å². The molecule has 0 aromatic rings. The number of amides is 1. The Balaban J connectivity index is 3.81. The van der Waals surface area contributed by atoms with Crippen LogP contribution in [0.5, 0.6) is 0 Å². The molecule has 1 amide bonds. The van der Waals surface area contributed by atoms with E-state index >= 15 is 0 Å².